The van der Waals surface area contributed by atoms with Crippen molar-refractivity contribution in [2.45, 2.75) is 44.8 Å². The number of ether oxygens (including phenoxy) is 1. The fourth-order valence-corrected chi connectivity index (χ4v) is 2.76. The Bertz CT molecular complexity index is 377. The Morgan fingerprint density at radius 2 is 1.95 bits per heavy atom. The van der Waals surface area contributed by atoms with Crippen molar-refractivity contribution in [1.29, 1.82) is 0 Å². The minimum atomic E-state index is -0.121. The van der Waals surface area contributed by atoms with Crippen LogP contribution in [0.5, 0.6) is 5.75 Å². The van der Waals surface area contributed by atoms with Crippen molar-refractivity contribution in [3.05, 3.63) is 29.8 Å². The lowest BCUT2D eigenvalue weighted by Crippen LogP contribution is -2.34. The van der Waals surface area contributed by atoms with Gasteiger partial charge in [0.15, 0.2) is 0 Å². The Labute approximate surface area is 116 Å². The van der Waals surface area contributed by atoms with Crippen LogP contribution < -0.4 is 10.1 Å². The van der Waals surface area contributed by atoms with Gasteiger partial charge in [0, 0.05) is 12.6 Å². The van der Waals surface area contributed by atoms with Crippen molar-refractivity contribution in [3.8, 4) is 5.75 Å². The molecule has 3 nitrogen and oxygen atoms in total. The van der Waals surface area contributed by atoms with Crippen LogP contribution >= 0.6 is 0 Å². The molecule has 0 spiro atoms. The first-order chi connectivity index (χ1) is 9.20. The van der Waals surface area contributed by atoms with Crippen LogP contribution in [0.1, 0.15) is 44.2 Å². The maximum Gasteiger partial charge on any atom is 0.118 e. The minimum absolute atomic E-state index is 0.121. The van der Waals surface area contributed by atoms with E-state index in [-0.39, 0.29) is 6.10 Å². The number of benzene rings is 1. The molecule has 0 heterocycles. The lowest BCUT2D eigenvalue weighted by Gasteiger charge is -2.29. The van der Waals surface area contributed by atoms with E-state index in [0.717, 1.165) is 25.1 Å². The van der Waals surface area contributed by atoms with E-state index in [0.29, 0.717) is 12.0 Å². The van der Waals surface area contributed by atoms with Gasteiger partial charge in [-0.25, -0.2) is 0 Å². The molecule has 1 aromatic rings. The smallest absolute Gasteiger partial charge is 0.118 e. The van der Waals surface area contributed by atoms with Crippen LogP contribution in [0.25, 0.3) is 0 Å². The van der Waals surface area contributed by atoms with Gasteiger partial charge in [-0.15, -0.1) is 0 Å². The molecule has 0 bridgehead atoms. The minimum Gasteiger partial charge on any atom is -0.497 e. The average molecular weight is 263 g/mol. The predicted octanol–water partition coefficient (Wildman–Crippen LogP) is 2.90. The Hall–Kier alpha value is -1.06. The first-order valence-corrected chi connectivity index (χ1v) is 7.26. The van der Waals surface area contributed by atoms with Gasteiger partial charge in [0.25, 0.3) is 0 Å². The molecule has 0 radical (unpaired) electrons. The van der Waals surface area contributed by atoms with E-state index in [2.05, 4.69) is 24.4 Å². The molecular weight excluding hydrogens is 238 g/mol. The summed E-state index contributed by atoms with van der Waals surface area (Å²) in [4.78, 5) is 0. The van der Waals surface area contributed by atoms with Crippen LogP contribution in [0, 0.1) is 5.92 Å². The molecule has 3 heteroatoms. The highest BCUT2D eigenvalue weighted by Gasteiger charge is 2.23. The zero-order chi connectivity index (χ0) is 13.7. The van der Waals surface area contributed by atoms with Gasteiger partial charge >= 0.3 is 0 Å². The molecular formula is C16H25NO2. The van der Waals surface area contributed by atoms with E-state index >= 15 is 0 Å². The zero-order valence-electron chi connectivity index (χ0n) is 11.9. The molecule has 0 amide bonds. The van der Waals surface area contributed by atoms with Gasteiger partial charge in [-0.05, 0) is 43.4 Å². The van der Waals surface area contributed by atoms with Gasteiger partial charge < -0.3 is 15.2 Å². The van der Waals surface area contributed by atoms with E-state index < -0.39 is 0 Å². The van der Waals surface area contributed by atoms with E-state index in [4.69, 9.17) is 4.74 Å². The summed E-state index contributed by atoms with van der Waals surface area (Å²) in [6.45, 7) is 3.06. The summed E-state index contributed by atoms with van der Waals surface area (Å²) in [6.07, 6.45) is 4.41. The van der Waals surface area contributed by atoms with E-state index in [1.807, 2.05) is 12.1 Å². The van der Waals surface area contributed by atoms with Crippen LogP contribution in [0.2, 0.25) is 0 Å². The lowest BCUT2D eigenvalue weighted by atomic mass is 9.86. The number of hydrogen-bond acceptors (Lipinski definition) is 3. The second kappa shape index (κ2) is 6.92. The molecule has 106 valence electrons. The second-order valence-corrected chi connectivity index (χ2v) is 5.51. The zero-order valence-corrected chi connectivity index (χ0v) is 11.9. The molecule has 2 rings (SSSR count). The Balaban J connectivity index is 1.84. The second-order valence-electron chi connectivity index (χ2n) is 5.51. The number of hydrogen-bond donors (Lipinski definition) is 2. The van der Waals surface area contributed by atoms with Gasteiger partial charge in [-0.2, -0.15) is 0 Å². The quantitative estimate of drug-likeness (QED) is 0.858. The first kappa shape index (κ1) is 14.4. The fourth-order valence-electron chi connectivity index (χ4n) is 2.76. The molecule has 19 heavy (non-hydrogen) atoms. The van der Waals surface area contributed by atoms with Crippen molar-refractivity contribution >= 4 is 0 Å². The SMILES string of the molecule is COc1ccc(C(C)NCC2CCCCC2O)cc1. The highest BCUT2D eigenvalue weighted by molar-refractivity contribution is 5.28. The van der Waals surface area contributed by atoms with Crippen molar-refractivity contribution < 1.29 is 9.84 Å². The number of nitrogens with one attached hydrogen (secondary N) is 1. The van der Waals surface area contributed by atoms with Gasteiger partial charge in [0.05, 0.1) is 13.2 Å². The molecule has 3 atom stereocenters. The monoisotopic (exact) mass is 263 g/mol. The van der Waals surface area contributed by atoms with Gasteiger partial charge in [-0.1, -0.05) is 25.0 Å². The predicted molar refractivity (Wildman–Crippen MR) is 77.4 cm³/mol. The Kier molecular flexibility index (Phi) is 5.23. The normalized spacial score (nSPS) is 25.0. The largest absolute Gasteiger partial charge is 0.497 e. The van der Waals surface area contributed by atoms with Gasteiger partial charge in [0.1, 0.15) is 5.75 Å². The number of aliphatic hydroxyl groups excluding tert-OH is 1. The first-order valence-electron chi connectivity index (χ1n) is 7.26. The Morgan fingerprint density at radius 3 is 2.58 bits per heavy atom. The highest BCUT2D eigenvalue weighted by Crippen LogP contribution is 2.25. The van der Waals surface area contributed by atoms with E-state index in [1.165, 1.54) is 18.4 Å². The number of rotatable bonds is 5. The Morgan fingerprint density at radius 1 is 1.26 bits per heavy atom. The summed E-state index contributed by atoms with van der Waals surface area (Å²) in [5.74, 6) is 1.30. The van der Waals surface area contributed by atoms with E-state index in [1.54, 1.807) is 7.11 Å². The van der Waals surface area contributed by atoms with Crippen LogP contribution in [0.4, 0.5) is 0 Å². The molecule has 3 unspecified atom stereocenters. The summed E-state index contributed by atoms with van der Waals surface area (Å²) in [5.41, 5.74) is 1.26. The molecule has 2 N–H and O–H groups in total. The van der Waals surface area contributed by atoms with Gasteiger partial charge in [0.2, 0.25) is 0 Å². The van der Waals surface area contributed by atoms with Crippen molar-refractivity contribution in [3.63, 3.8) is 0 Å². The summed E-state index contributed by atoms with van der Waals surface area (Å²) in [5, 5.41) is 13.5. The molecule has 1 aromatic carbocycles. The van der Waals surface area contributed by atoms with Gasteiger partial charge in [-0.3, -0.25) is 0 Å². The van der Waals surface area contributed by atoms with Crippen LogP contribution in [0.15, 0.2) is 24.3 Å². The summed E-state index contributed by atoms with van der Waals surface area (Å²) >= 11 is 0. The third kappa shape index (κ3) is 3.95. The molecule has 1 saturated carbocycles. The fraction of sp³-hybridized carbons (Fsp3) is 0.625. The summed E-state index contributed by atoms with van der Waals surface area (Å²) < 4.78 is 5.16. The molecule has 0 saturated heterocycles. The number of methoxy groups -OCH3 is 1. The van der Waals surface area contributed by atoms with Crippen LogP contribution in [-0.2, 0) is 0 Å². The standard InChI is InChI=1S/C16H25NO2/c1-12(13-7-9-15(19-2)10-8-13)17-11-14-5-3-4-6-16(14)18/h7-10,12,14,16-18H,3-6,11H2,1-2H3. The molecule has 0 aromatic heterocycles. The lowest BCUT2D eigenvalue weighted by molar-refractivity contribution is 0.0684. The van der Waals surface area contributed by atoms with Crippen molar-refractivity contribution in [2.24, 2.45) is 5.92 Å². The maximum absolute atomic E-state index is 9.96. The highest BCUT2D eigenvalue weighted by atomic mass is 16.5. The van der Waals surface area contributed by atoms with Crippen molar-refractivity contribution in [1.82, 2.24) is 5.32 Å². The van der Waals surface area contributed by atoms with E-state index in [9.17, 15) is 5.11 Å². The van der Waals surface area contributed by atoms with Crippen molar-refractivity contribution in [2.75, 3.05) is 13.7 Å². The molecule has 1 fully saturated rings. The van der Waals surface area contributed by atoms with Crippen LogP contribution in [0.3, 0.4) is 0 Å². The number of aliphatic hydroxyl groups is 1. The van der Waals surface area contributed by atoms with Crippen LogP contribution in [-0.4, -0.2) is 24.9 Å². The maximum atomic E-state index is 9.96. The topological polar surface area (TPSA) is 41.5 Å². The third-order valence-electron chi connectivity index (χ3n) is 4.17. The average Bonchev–Trinajstić information content (AvgIpc) is 2.46. The summed E-state index contributed by atoms with van der Waals surface area (Å²) in [7, 11) is 1.68. The summed E-state index contributed by atoms with van der Waals surface area (Å²) in [6, 6.07) is 8.47. The molecule has 0 aliphatic heterocycles. The molecule has 1 aliphatic rings. The third-order valence-corrected chi connectivity index (χ3v) is 4.17. The molecule has 1 aliphatic carbocycles.